The van der Waals surface area contributed by atoms with Gasteiger partial charge in [0, 0.05) is 17.7 Å². The molecule has 0 saturated heterocycles. The number of rotatable bonds is 3. The number of aromatic carboxylic acids is 1. The van der Waals surface area contributed by atoms with Crippen molar-refractivity contribution >= 4 is 35.1 Å². The minimum Gasteiger partial charge on any atom is -0.496 e. The van der Waals surface area contributed by atoms with E-state index >= 15 is 0 Å². The maximum atomic E-state index is 11.9. The van der Waals surface area contributed by atoms with E-state index in [4.69, 9.17) is 21.4 Å². The van der Waals surface area contributed by atoms with Gasteiger partial charge in [-0.15, -0.1) is 0 Å². The molecule has 0 aliphatic carbocycles. The molecule has 0 unspecified atom stereocenters. The SMILES string of the molecule is COc1cc(N2C(=O)C=C(C)C2=O)c(Cl)cc1C(=O)O. The van der Waals surface area contributed by atoms with E-state index in [1.807, 2.05) is 0 Å². The van der Waals surface area contributed by atoms with Gasteiger partial charge >= 0.3 is 5.97 Å². The zero-order chi connectivity index (χ0) is 15.0. The Bertz CT molecular complexity index is 665. The average molecular weight is 296 g/mol. The number of ether oxygens (including phenoxy) is 1. The number of halogens is 1. The first kappa shape index (κ1) is 14.1. The zero-order valence-electron chi connectivity index (χ0n) is 10.6. The van der Waals surface area contributed by atoms with Gasteiger partial charge in [0.25, 0.3) is 11.8 Å². The number of carbonyl (C=O) groups is 3. The van der Waals surface area contributed by atoms with Gasteiger partial charge in [0.05, 0.1) is 17.8 Å². The summed E-state index contributed by atoms with van der Waals surface area (Å²) < 4.78 is 4.95. The second-order valence-electron chi connectivity index (χ2n) is 4.12. The number of benzene rings is 1. The second kappa shape index (κ2) is 4.97. The Morgan fingerprint density at radius 1 is 1.35 bits per heavy atom. The van der Waals surface area contributed by atoms with Crippen LogP contribution in [0.5, 0.6) is 5.75 Å². The Labute approximate surface area is 119 Å². The lowest BCUT2D eigenvalue weighted by molar-refractivity contribution is -0.120. The molecule has 2 rings (SSSR count). The molecular weight excluding hydrogens is 286 g/mol. The molecule has 2 amide bonds. The fourth-order valence-corrected chi connectivity index (χ4v) is 2.11. The minimum absolute atomic E-state index is 0.0158. The highest BCUT2D eigenvalue weighted by Gasteiger charge is 2.32. The van der Waals surface area contributed by atoms with Crippen molar-refractivity contribution in [2.75, 3.05) is 12.0 Å². The summed E-state index contributed by atoms with van der Waals surface area (Å²) in [6, 6.07) is 2.40. The second-order valence-corrected chi connectivity index (χ2v) is 4.52. The summed E-state index contributed by atoms with van der Waals surface area (Å²) in [4.78, 5) is 35.6. The molecular formula is C13H10ClNO5. The van der Waals surface area contributed by atoms with Crippen molar-refractivity contribution in [1.29, 1.82) is 0 Å². The Morgan fingerprint density at radius 2 is 2.00 bits per heavy atom. The van der Waals surface area contributed by atoms with E-state index in [9.17, 15) is 14.4 Å². The fourth-order valence-electron chi connectivity index (χ4n) is 1.87. The number of hydrogen-bond acceptors (Lipinski definition) is 4. The Morgan fingerprint density at radius 3 is 2.45 bits per heavy atom. The maximum absolute atomic E-state index is 11.9. The molecule has 0 aromatic heterocycles. The summed E-state index contributed by atoms with van der Waals surface area (Å²) in [5.41, 5.74) is 0.231. The van der Waals surface area contributed by atoms with Crippen molar-refractivity contribution in [2.45, 2.75) is 6.92 Å². The Kier molecular flexibility index (Phi) is 3.50. The van der Waals surface area contributed by atoms with Gasteiger partial charge in [-0.1, -0.05) is 11.6 Å². The average Bonchev–Trinajstić information content (AvgIpc) is 2.63. The highest BCUT2D eigenvalue weighted by molar-refractivity contribution is 6.38. The van der Waals surface area contributed by atoms with E-state index in [-0.39, 0.29) is 27.6 Å². The number of carboxylic acids is 1. The highest BCUT2D eigenvalue weighted by atomic mass is 35.5. The van der Waals surface area contributed by atoms with Crippen LogP contribution in [0.3, 0.4) is 0 Å². The Hall–Kier alpha value is -2.34. The van der Waals surface area contributed by atoms with E-state index < -0.39 is 17.8 Å². The van der Waals surface area contributed by atoms with Crippen molar-refractivity contribution in [1.82, 2.24) is 0 Å². The molecule has 20 heavy (non-hydrogen) atoms. The maximum Gasteiger partial charge on any atom is 0.339 e. The minimum atomic E-state index is -1.22. The van der Waals surface area contributed by atoms with Gasteiger partial charge in [0.1, 0.15) is 11.3 Å². The predicted molar refractivity (Wildman–Crippen MR) is 71.2 cm³/mol. The summed E-state index contributed by atoms with van der Waals surface area (Å²) in [6.07, 6.45) is 1.19. The van der Waals surface area contributed by atoms with Gasteiger partial charge in [-0.2, -0.15) is 0 Å². The number of methoxy groups -OCH3 is 1. The third kappa shape index (κ3) is 2.14. The van der Waals surface area contributed by atoms with Crippen molar-refractivity contribution in [3.8, 4) is 5.75 Å². The number of nitrogens with zero attached hydrogens (tertiary/aromatic N) is 1. The lowest BCUT2D eigenvalue weighted by Gasteiger charge is -2.18. The topological polar surface area (TPSA) is 83.9 Å². The first-order chi connectivity index (χ1) is 9.36. The van der Waals surface area contributed by atoms with Crippen molar-refractivity contribution in [3.05, 3.63) is 34.4 Å². The lowest BCUT2D eigenvalue weighted by Crippen LogP contribution is -2.31. The van der Waals surface area contributed by atoms with Crippen LogP contribution in [0.4, 0.5) is 5.69 Å². The molecule has 1 N–H and O–H groups in total. The van der Waals surface area contributed by atoms with Crippen molar-refractivity contribution in [3.63, 3.8) is 0 Å². The molecule has 0 spiro atoms. The Balaban J connectivity index is 2.57. The molecule has 0 bridgehead atoms. The van der Waals surface area contributed by atoms with Crippen molar-refractivity contribution < 1.29 is 24.2 Å². The lowest BCUT2D eigenvalue weighted by atomic mass is 10.1. The molecule has 1 aliphatic rings. The van der Waals surface area contributed by atoms with Crippen LogP contribution in [0, 0.1) is 0 Å². The number of amides is 2. The molecule has 6 nitrogen and oxygen atoms in total. The van der Waals surface area contributed by atoms with Crippen LogP contribution in [0.1, 0.15) is 17.3 Å². The smallest absolute Gasteiger partial charge is 0.339 e. The van der Waals surface area contributed by atoms with Gasteiger partial charge in [0.2, 0.25) is 0 Å². The van der Waals surface area contributed by atoms with Crippen LogP contribution in [-0.2, 0) is 9.59 Å². The number of anilines is 1. The molecule has 7 heteroatoms. The zero-order valence-corrected chi connectivity index (χ0v) is 11.4. The quantitative estimate of drug-likeness (QED) is 0.861. The van der Waals surface area contributed by atoms with Crippen molar-refractivity contribution in [2.24, 2.45) is 0 Å². The van der Waals surface area contributed by atoms with Crippen LogP contribution in [0.2, 0.25) is 5.02 Å². The number of carbonyl (C=O) groups excluding carboxylic acids is 2. The molecule has 1 heterocycles. The summed E-state index contributed by atoms with van der Waals surface area (Å²) in [6.45, 7) is 1.51. The number of hydrogen-bond donors (Lipinski definition) is 1. The molecule has 0 atom stereocenters. The van der Waals surface area contributed by atoms with Crippen LogP contribution in [0.25, 0.3) is 0 Å². The van der Waals surface area contributed by atoms with Crippen LogP contribution in [-0.4, -0.2) is 30.0 Å². The molecule has 0 saturated carbocycles. The number of carboxylic acid groups (broad SMARTS) is 1. The van der Waals surface area contributed by atoms with Gasteiger partial charge in [-0.3, -0.25) is 9.59 Å². The third-order valence-corrected chi connectivity index (χ3v) is 3.14. The van der Waals surface area contributed by atoms with E-state index in [0.717, 1.165) is 11.0 Å². The van der Waals surface area contributed by atoms with Crippen LogP contribution < -0.4 is 9.64 Å². The summed E-state index contributed by atoms with van der Waals surface area (Å²) in [5, 5.41) is 9.01. The predicted octanol–water partition coefficient (Wildman–Crippen LogP) is 1.87. The standard InChI is InChI=1S/C13H10ClNO5/c1-6-3-11(16)15(12(6)17)9-5-10(20-2)7(13(18)19)4-8(9)14/h3-5H,1-2H3,(H,18,19). The third-order valence-electron chi connectivity index (χ3n) is 2.84. The van der Waals surface area contributed by atoms with E-state index in [0.29, 0.717) is 0 Å². The normalized spacial score (nSPS) is 14.6. The molecule has 1 aliphatic heterocycles. The summed E-state index contributed by atoms with van der Waals surface area (Å²) >= 11 is 5.97. The number of imide groups is 1. The van der Waals surface area contributed by atoms with Gasteiger partial charge in [0.15, 0.2) is 0 Å². The van der Waals surface area contributed by atoms with E-state index in [2.05, 4.69) is 0 Å². The summed E-state index contributed by atoms with van der Waals surface area (Å²) in [7, 11) is 1.29. The first-order valence-electron chi connectivity index (χ1n) is 5.54. The molecule has 104 valence electrons. The largest absolute Gasteiger partial charge is 0.496 e. The highest BCUT2D eigenvalue weighted by Crippen LogP contribution is 2.35. The van der Waals surface area contributed by atoms with Crippen LogP contribution >= 0.6 is 11.6 Å². The molecule has 0 fully saturated rings. The van der Waals surface area contributed by atoms with Gasteiger partial charge in [-0.05, 0) is 13.0 Å². The summed E-state index contributed by atoms with van der Waals surface area (Å²) in [5.74, 6) is -2.23. The van der Waals surface area contributed by atoms with E-state index in [1.165, 1.54) is 26.2 Å². The van der Waals surface area contributed by atoms with Crippen LogP contribution in [0.15, 0.2) is 23.8 Å². The monoisotopic (exact) mass is 295 g/mol. The molecule has 1 aromatic rings. The first-order valence-corrected chi connectivity index (χ1v) is 5.92. The van der Waals surface area contributed by atoms with E-state index in [1.54, 1.807) is 0 Å². The molecule has 1 aromatic carbocycles. The van der Waals surface area contributed by atoms with Gasteiger partial charge in [-0.25, -0.2) is 9.69 Å². The van der Waals surface area contributed by atoms with Gasteiger partial charge < -0.3 is 9.84 Å². The molecule has 0 radical (unpaired) electrons. The fraction of sp³-hybridized carbons (Fsp3) is 0.154.